The summed E-state index contributed by atoms with van der Waals surface area (Å²) in [6.07, 6.45) is 1.55. The summed E-state index contributed by atoms with van der Waals surface area (Å²) in [5, 5.41) is 6.47. The van der Waals surface area contributed by atoms with Gasteiger partial charge in [0.25, 0.3) is 0 Å². The minimum absolute atomic E-state index is 0.447. The van der Waals surface area contributed by atoms with Gasteiger partial charge in [0, 0.05) is 7.05 Å². The average Bonchev–Trinajstić information content (AvgIpc) is 2.41. The first-order valence-electron chi connectivity index (χ1n) is 5.76. The molecule has 5 nitrogen and oxygen atoms in total. The van der Waals surface area contributed by atoms with E-state index in [0.29, 0.717) is 16.8 Å². The first kappa shape index (κ1) is 13.4. The number of ether oxygens (including phenoxy) is 1. The lowest BCUT2D eigenvalue weighted by molar-refractivity contribution is 0.416. The molecule has 0 saturated heterocycles. The largest absolute Gasteiger partial charge is 0.495 e. The molecule has 0 fully saturated rings. The number of hydrogen-bond donors (Lipinski definition) is 2. The molecule has 19 heavy (non-hydrogen) atoms. The Bertz CT molecular complexity index is 589. The Kier molecular flexibility index (Phi) is 4.06. The van der Waals surface area contributed by atoms with Gasteiger partial charge < -0.3 is 15.4 Å². The number of aryl methyl sites for hydroxylation is 1. The molecule has 0 aliphatic carbocycles. The van der Waals surface area contributed by atoms with Gasteiger partial charge in [-0.3, -0.25) is 0 Å². The molecule has 2 rings (SSSR count). The Labute approximate surface area is 117 Å². The molecule has 1 aromatic carbocycles. The molecular weight excluding hydrogens is 264 g/mol. The molecule has 0 unspecified atom stereocenters. The molecule has 0 bridgehead atoms. The van der Waals surface area contributed by atoms with Crippen LogP contribution in [0.4, 0.5) is 17.5 Å². The van der Waals surface area contributed by atoms with Crippen LogP contribution in [-0.4, -0.2) is 24.1 Å². The first-order valence-corrected chi connectivity index (χ1v) is 6.14. The van der Waals surface area contributed by atoms with Crippen molar-refractivity contribution >= 4 is 29.1 Å². The number of rotatable bonds is 4. The monoisotopic (exact) mass is 278 g/mol. The molecule has 0 atom stereocenters. The third-order valence-electron chi connectivity index (χ3n) is 2.58. The molecule has 1 aromatic heterocycles. The highest BCUT2D eigenvalue weighted by Gasteiger charge is 2.09. The second-order valence-electron chi connectivity index (χ2n) is 3.97. The van der Waals surface area contributed by atoms with Crippen LogP contribution in [0, 0.1) is 6.92 Å². The predicted molar refractivity (Wildman–Crippen MR) is 77.6 cm³/mol. The molecule has 0 aliphatic rings. The zero-order valence-corrected chi connectivity index (χ0v) is 11.7. The maximum atomic E-state index is 6.08. The van der Waals surface area contributed by atoms with Crippen molar-refractivity contribution in [3.05, 3.63) is 35.0 Å². The van der Waals surface area contributed by atoms with Gasteiger partial charge in [0.1, 0.15) is 10.8 Å². The van der Waals surface area contributed by atoms with E-state index in [1.54, 1.807) is 20.4 Å². The number of hydrogen-bond acceptors (Lipinski definition) is 5. The summed E-state index contributed by atoms with van der Waals surface area (Å²) < 4.78 is 5.30. The molecule has 2 N–H and O–H groups in total. The zero-order valence-electron chi connectivity index (χ0n) is 11.0. The molecule has 0 radical (unpaired) electrons. The van der Waals surface area contributed by atoms with Crippen molar-refractivity contribution in [1.82, 2.24) is 9.97 Å². The summed E-state index contributed by atoms with van der Waals surface area (Å²) in [5.74, 6) is 1.76. The van der Waals surface area contributed by atoms with Crippen LogP contribution in [0.25, 0.3) is 0 Å². The van der Waals surface area contributed by atoms with Crippen molar-refractivity contribution in [1.29, 1.82) is 0 Å². The Hall–Kier alpha value is -2.01. The average molecular weight is 279 g/mol. The molecule has 2 aromatic rings. The van der Waals surface area contributed by atoms with Crippen molar-refractivity contribution in [2.45, 2.75) is 6.92 Å². The van der Waals surface area contributed by atoms with E-state index in [0.717, 1.165) is 17.0 Å². The summed E-state index contributed by atoms with van der Waals surface area (Å²) in [5.41, 5.74) is 1.92. The van der Waals surface area contributed by atoms with Crippen molar-refractivity contribution in [2.75, 3.05) is 24.8 Å². The first-order chi connectivity index (χ1) is 9.13. The summed E-state index contributed by atoms with van der Waals surface area (Å²) in [6, 6.07) is 5.84. The van der Waals surface area contributed by atoms with E-state index in [9.17, 15) is 0 Å². The summed E-state index contributed by atoms with van der Waals surface area (Å²) in [6.45, 7) is 2.01. The minimum atomic E-state index is 0.447. The number of aromatic nitrogens is 2. The number of anilines is 3. The van der Waals surface area contributed by atoms with Crippen LogP contribution in [0.2, 0.25) is 5.02 Å². The maximum absolute atomic E-state index is 6.08. The SMILES string of the molecule is CNc1ncc(Cl)c(Nc2cc(C)ccc2OC)n1. The van der Waals surface area contributed by atoms with Gasteiger partial charge in [0.15, 0.2) is 5.82 Å². The third-order valence-corrected chi connectivity index (χ3v) is 2.85. The highest BCUT2D eigenvalue weighted by Crippen LogP contribution is 2.30. The van der Waals surface area contributed by atoms with E-state index in [4.69, 9.17) is 16.3 Å². The lowest BCUT2D eigenvalue weighted by Crippen LogP contribution is -2.02. The van der Waals surface area contributed by atoms with E-state index < -0.39 is 0 Å². The topological polar surface area (TPSA) is 59.1 Å². The van der Waals surface area contributed by atoms with Crippen LogP contribution in [0.5, 0.6) is 5.75 Å². The number of benzene rings is 1. The van der Waals surface area contributed by atoms with E-state index in [2.05, 4.69) is 20.6 Å². The fraction of sp³-hybridized carbons (Fsp3) is 0.231. The summed E-state index contributed by atoms with van der Waals surface area (Å²) in [4.78, 5) is 8.30. The summed E-state index contributed by atoms with van der Waals surface area (Å²) >= 11 is 6.08. The van der Waals surface area contributed by atoms with Gasteiger partial charge in [-0.15, -0.1) is 0 Å². The van der Waals surface area contributed by atoms with Crippen LogP contribution >= 0.6 is 11.6 Å². The van der Waals surface area contributed by atoms with Crippen LogP contribution < -0.4 is 15.4 Å². The fourth-order valence-electron chi connectivity index (χ4n) is 1.62. The van der Waals surface area contributed by atoms with Gasteiger partial charge in [-0.1, -0.05) is 17.7 Å². The molecule has 1 heterocycles. The van der Waals surface area contributed by atoms with Crippen molar-refractivity contribution < 1.29 is 4.74 Å². The molecule has 6 heteroatoms. The van der Waals surface area contributed by atoms with Gasteiger partial charge in [0.05, 0.1) is 19.0 Å². The molecule has 0 amide bonds. The Morgan fingerprint density at radius 3 is 2.79 bits per heavy atom. The van der Waals surface area contributed by atoms with Gasteiger partial charge in [-0.25, -0.2) is 4.98 Å². The normalized spacial score (nSPS) is 10.1. The van der Waals surface area contributed by atoms with Crippen LogP contribution in [0.15, 0.2) is 24.4 Å². The van der Waals surface area contributed by atoms with E-state index in [1.165, 1.54) is 0 Å². The van der Waals surface area contributed by atoms with Crippen molar-refractivity contribution in [3.63, 3.8) is 0 Å². The number of nitrogens with one attached hydrogen (secondary N) is 2. The van der Waals surface area contributed by atoms with Crippen molar-refractivity contribution in [2.24, 2.45) is 0 Å². The number of nitrogens with zero attached hydrogens (tertiary/aromatic N) is 2. The highest BCUT2D eigenvalue weighted by molar-refractivity contribution is 6.32. The zero-order chi connectivity index (χ0) is 13.8. The lowest BCUT2D eigenvalue weighted by atomic mass is 10.2. The van der Waals surface area contributed by atoms with Crippen LogP contribution in [0.3, 0.4) is 0 Å². The standard InChI is InChI=1S/C13H15ClN4O/c1-8-4-5-11(19-3)10(6-8)17-12-9(14)7-16-13(15-2)18-12/h4-7H,1-3H3,(H2,15,16,17,18). The molecule has 0 aliphatic heterocycles. The quantitative estimate of drug-likeness (QED) is 0.899. The number of halogens is 1. The van der Waals surface area contributed by atoms with Gasteiger partial charge >= 0.3 is 0 Å². The van der Waals surface area contributed by atoms with Gasteiger partial charge in [-0.05, 0) is 24.6 Å². The Balaban J connectivity index is 2.37. The smallest absolute Gasteiger partial charge is 0.224 e. The van der Waals surface area contributed by atoms with E-state index in [-0.39, 0.29) is 0 Å². The van der Waals surface area contributed by atoms with E-state index >= 15 is 0 Å². The fourth-order valence-corrected chi connectivity index (χ4v) is 1.76. The Morgan fingerprint density at radius 2 is 2.11 bits per heavy atom. The Morgan fingerprint density at radius 1 is 1.32 bits per heavy atom. The van der Waals surface area contributed by atoms with Gasteiger partial charge in [-0.2, -0.15) is 4.98 Å². The third kappa shape index (κ3) is 3.06. The van der Waals surface area contributed by atoms with E-state index in [1.807, 2.05) is 25.1 Å². The number of methoxy groups -OCH3 is 1. The molecule has 100 valence electrons. The van der Waals surface area contributed by atoms with Crippen molar-refractivity contribution in [3.8, 4) is 5.75 Å². The molecular formula is C13H15ClN4O. The second kappa shape index (κ2) is 5.75. The van der Waals surface area contributed by atoms with Crippen LogP contribution in [0.1, 0.15) is 5.56 Å². The van der Waals surface area contributed by atoms with Crippen LogP contribution in [-0.2, 0) is 0 Å². The lowest BCUT2D eigenvalue weighted by Gasteiger charge is -2.12. The maximum Gasteiger partial charge on any atom is 0.224 e. The van der Waals surface area contributed by atoms with Gasteiger partial charge in [0.2, 0.25) is 5.95 Å². The minimum Gasteiger partial charge on any atom is -0.495 e. The summed E-state index contributed by atoms with van der Waals surface area (Å²) in [7, 11) is 3.37. The predicted octanol–water partition coefficient (Wildman–Crippen LogP) is 3.23. The molecule has 0 saturated carbocycles. The molecule has 0 spiro atoms. The highest BCUT2D eigenvalue weighted by atomic mass is 35.5. The second-order valence-corrected chi connectivity index (χ2v) is 4.38.